The molecule has 0 spiro atoms. The molecule has 4 nitrogen and oxygen atoms in total. The molecule has 1 aromatic carbocycles. The van der Waals surface area contributed by atoms with E-state index in [1.54, 1.807) is 0 Å². The van der Waals surface area contributed by atoms with Gasteiger partial charge in [0.05, 0.1) is 21.1 Å². The molecule has 0 aromatic heterocycles. The molecule has 2 rings (SSSR count). The molecule has 1 saturated heterocycles. The van der Waals surface area contributed by atoms with E-state index in [4.69, 9.17) is 16.7 Å². The maximum absolute atomic E-state index is 14.0. The number of carboxylic acids is 1. The second-order valence-electron chi connectivity index (χ2n) is 3.87. The van der Waals surface area contributed by atoms with Gasteiger partial charge >= 0.3 is 5.97 Å². The van der Waals surface area contributed by atoms with Crippen molar-refractivity contribution >= 4 is 45.1 Å². The number of halogens is 3. The molecule has 1 fully saturated rings. The lowest BCUT2D eigenvalue weighted by molar-refractivity contribution is -0.117. The molecule has 96 valence electrons. The van der Waals surface area contributed by atoms with E-state index in [9.17, 15) is 14.0 Å². The summed E-state index contributed by atoms with van der Waals surface area (Å²) in [6.45, 7) is 0.105. The van der Waals surface area contributed by atoms with Crippen molar-refractivity contribution in [1.29, 1.82) is 0 Å². The molecule has 1 atom stereocenters. The Hall–Kier alpha value is -1.14. The number of hydrogen-bond donors (Lipinski definition) is 1. The van der Waals surface area contributed by atoms with E-state index in [2.05, 4.69) is 15.9 Å². The number of carbonyl (C=O) groups is 2. The summed E-state index contributed by atoms with van der Waals surface area (Å²) < 4.78 is 14.1. The predicted molar refractivity (Wildman–Crippen MR) is 67.7 cm³/mol. The Morgan fingerprint density at radius 3 is 2.72 bits per heavy atom. The van der Waals surface area contributed by atoms with Crippen LogP contribution in [0.5, 0.6) is 0 Å². The van der Waals surface area contributed by atoms with Crippen LogP contribution in [0.15, 0.2) is 16.6 Å². The van der Waals surface area contributed by atoms with Crippen LogP contribution >= 0.6 is 27.5 Å². The fourth-order valence-electron chi connectivity index (χ4n) is 1.86. The molecule has 1 aliphatic heterocycles. The van der Waals surface area contributed by atoms with Crippen LogP contribution in [0.2, 0.25) is 0 Å². The Kier molecular flexibility index (Phi) is 3.59. The van der Waals surface area contributed by atoms with Crippen LogP contribution in [0.1, 0.15) is 16.8 Å². The van der Waals surface area contributed by atoms with Crippen LogP contribution in [0, 0.1) is 5.82 Å². The molecule has 1 amide bonds. The maximum Gasteiger partial charge on any atom is 0.337 e. The van der Waals surface area contributed by atoms with Crippen LogP contribution in [-0.4, -0.2) is 28.9 Å². The van der Waals surface area contributed by atoms with E-state index in [0.717, 1.165) is 4.90 Å². The molecule has 0 saturated carbocycles. The second-order valence-corrected chi connectivity index (χ2v) is 5.34. The summed E-state index contributed by atoms with van der Waals surface area (Å²) in [5, 5.41) is 8.61. The van der Waals surface area contributed by atoms with Gasteiger partial charge in [-0.3, -0.25) is 4.79 Å². The van der Waals surface area contributed by atoms with Gasteiger partial charge in [0.1, 0.15) is 0 Å². The average Bonchev–Trinajstić information content (AvgIpc) is 2.61. The minimum Gasteiger partial charge on any atom is -0.478 e. The molecule has 7 heteroatoms. The Bertz CT molecular complexity index is 537. The predicted octanol–water partition coefficient (Wildman–Crippen LogP) is 2.63. The zero-order valence-corrected chi connectivity index (χ0v) is 11.3. The summed E-state index contributed by atoms with van der Waals surface area (Å²) in [4.78, 5) is 23.9. The van der Waals surface area contributed by atoms with Gasteiger partial charge < -0.3 is 10.0 Å². The first-order valence-electron chi connectivity index (χ1n) is 5.07. The number of carboxylic acid groups (broad SMARTS) is 1. The first-order chi connectivity index (χ1) is 8.41. The fourth-order valence-corrected chi connectivity index (χ4v) is 2.45. The van der Waals surface area contributed by atoms with Gasteiger partial charge in [-0.1, -0.05) is 0 Å². The van der Waals surface area contributed by atoms with Crippen molar-refractivity contribution in [1.82, 2.24) is 0 Å². The van der Waals surface area contributed by atoms with Gasteiger partial charge in [-0.15, -0.1) is 11.6 Å². The molecular formula is C11H8BrClFNO3. The molecule has 1 unspecified atom stereocenters. The lowest BCUT2D eigenvalue weighted by atomic mass is 10.1. The van der Waals surface area contributed by atoms with Gasteiger partial charge in [-0.2, -0.15) is 0 Å². The SMILES string of the molecule is O=C(O)c1ccc(Br)c(F)c1N1CC(Cl)CC1=O. The topological polar surface area (TPSA) is 57.6 Å². The van der Waals surface area contributed by atoms with Crippen molar-refractivity contribution in [2.75, 3.05) is 11.4 Å². The molecular weight excluding hydrogens is 328 g/mol. The van der Waals surface area contributed by atoms with Crippen LogP contribution in [0.3, 0.4) is 0 Å². The Labute approximate surface area is 115 Å². The summed E-state index contributed by atoms with van der Waals surface area (Å²) in [5.41, 5.74) is -0.486. The van der Waals surface area contributed by atoms with Gasteiger partial charge in [-0.25, -0.2) is 9.18 Å². The van der Waals surface area contributed by atoms with Crippen LogP contribution < -0.4 is 4.90 Å². The number of carbonyl (C=O) groups excluding carboxylic acids is 1. The number of nitrogens with zero attached hydrogens (tertiary/aromatic N) is 1. The normalized spacial score (nSPS) is 19.4. The highest BCUT2D eigenvalue weighted by atomic mass is 79.9. The second kappa shape index (κ2) is 4.85. The standard InChI is InChI=1S/C11H8BrClFNO3/c12-7-2-1-6(11(17)18)10(9(7)14)15-4-5(13)3-8(15)16/h1-2,5H,3-4H2,(H,17,18). The van der Waals surface area contributed by atoms with E-state index in [1.807, 2.05) is 0 Å². The van der Waals surface area contributed by atoms with Gasteiger partial charge in [0.25, 0.3) is 0 Å². The van der Waals surface area contributed by atoms with Crippen LogP contribution in [-0.2, 0) is 4.79 Å². The zero-order chi connectivity index (χ0) is 13.4. The number of aromatic carboxylic acids is 1. The molecule has 1 aliphatic rings. The zero-order valence-electron chi connectivity index (χ0n) is 8.99. The molecule has 0 radical (unpaired) electrons. The van der Waals surface area contributed by atoms with Crippen molar-refractivity contribution < 1.29 is 19.1 Å². The van der Waals surface area contributed by atoms with E-state index < -0.39 is 17.2 Å². The molecule has 1 heterocycles. The van der Waals surface area contributed by atoms with Crippen molar-refractivity contribution in [2.45, 2.75) is 11.8 Å². The molecule has 1 aromatic rings. The molecule has 0 aliphatic carbocycles. The minimum absolute atomic E-state index is 0.0760. The van der Waals surface area contributed by atoms with Gasteiger partial charge in [0, 0.05) is 13.0 Å². The van der Waals surface area contributed by atoms with E-state index in [0.29, 0.717) is 0 Å². The Balaban J connectivity index is 2.58. The number of amides is 1. The smallest absolute Gasteiger partial charge is 0.337 e. The summed E-state index contributed by atoms with van der Waals surface area (Å²) in [5.74, 6) is -2.44. The van der Waals surface area contributed by atoms with Crippen molar-refractivity contribution in [2.24, 2.45) is 0 Å². The quantitative estimate of drug-likeness (QED) is 0.845. The fraction of sp³-hybridized carbons (Fsp3) is 0.273. The van der Waals surface area contributed by atoms with E-state index >= 15 is 0 Å². The monoisotopic (exact) mass is 335 g/mol. The number of hydrogen-bond acceptors (Lipinski definition) is 2. The first-order valence-corrected chi connectivity index (χ1v) is 6.30. The van der Waals surface area contributed by atoms with E-state index in [-0.39, 0.29) is 34.6 Å². The average molecular weight is 337 g/mol. The highest BCUT2D eigenvalue weighted by Crippen LogP contribution is 2.33. The third kappa shape index (κ3) is 2.22. The lowest BCUT2D eigenvalue weighted by Crippen LogP contribution is -2.28. The number of benzene rings is 1. The number of anilines is 1. The highest BCUT2D eigenvalue weighted by Gasteiger charge is 2.34. The summed E-state index contributed by atoms with van der Waals surface area (Å²) >= 11 is 8.80. The van der Waals surface area contributed by atoms with Crippen molar-refractivity contribution in [3.63, 3.8) is 0 Å². The summed E-state index contributed by atoms with van der Waals surface area (Å²) in [6.07, 6.45) is 0.0760. The lowest BCUT2D eigenvalue weighted by Gasteiger charge is -2.19. The van der Waals surface area contributed by atoms with Crippen LogP contribution in [0.25, 0.3) is 0 Å². The molecule has 1 N–H and O–H groups in total. The van der Waals surface area contributed by atoms with Crippen LogP contribution in [0.4, 0.5) is 10.1 Å². The molecule has 18 heavy (non-hydrogen) atoms. The minimum atomic E-state index is -1.29. The third-order valence-electron chi connectivity index (χ3n) is 2.65. The Morgan fingerprint density at radius 2 is 2.22 bits per heavy atom. The largest absolute Gasteiger partial charge is 0.478 e. The first kappa shape index (κ1) is 13.3. The van der Waals surface area contributed by atoms with E-state index in [1.165, 1.54) is 12.1 Å². The maximum atomic E-state index is 14.0. The summed E-state index contributed by atoms with van der Waals surface area (Å²) in [7, 11) is 0. The third-order valence-corrected chi connectivity index (χ3v) is 3.55. The highest BCUT2D eigenvalue weighted by molar-refractivity contribution is 9.10. The van der Waals surface area contributed by atoms with Crippen molar-refractivity contribution in [3.05, 3.63) is 28.0 Å². The summed E-state index contributed by atoms with van der Waals surface area (Å²) in [6, 6.07) is 2.54. The van der Waals surface area contributed by atoms with Gasteiger partial charge in [0.2, 0.25) is 5.91 Å². The number of rotatable bonds is 2. The number of alkyl halides is 1. The Morgan fingerprint density at radius 1 is 1.56 bits per heavy atom. The van der Waals surface area contributed by atoms with Crippen molar-refractivity contribution in [3.8, 4) is 0 Å². The molecule has 0 bridgehead atoms. The van der Waals surface area contributed by atoms with Gasteiger partial charge in [0.15, 0.2) is 5.82 Å². The van der Waals surface area contributed by atoms with Gasteiger partial charge in [-0.05, 0) is 28.1 Å².